The molecule has 1 amide bonds. The zero-order valence-electron chi connectivity index (χ0n) is 16.1. The molecule has 0 aromatic carbocycles. The van der Waals surface area contributed by atoms with E-state index in [9.17, 15) is 4.79 Å². The summed E-state index contributed by atoms with van der Waals surface area (Å²) in [7, 11) is 4.16. The lowest BCUT2D eigenvalue weighted by molar-refractivity contribution is 0.00647. The first-order valence-corrected chi connectivity index (χ1v) is 8.21. The highest BCUT2D eigenvalue weighted by atomic mass is 16.6. The second-order valence-electron chi connectivity index (χ2n) is 8.25. The molecule has 1 unspecified atom stereocenters. The highest BCUT2D eigenvalue weighted by Crippen LogP contribution is 2.17. The van der Waals surface area contributed by atoms with Crippen LogP contribution in [0.1, 0.15) is 54.9 Å². The van der Waals surface area contributed by atoms with Gasteiger partial charge >= 0.3 is 6.09 Å². The van der Waals surface area contributed by atoms with Gasteiger partial charge in [0.25, 0.3) is 0 Å². The van der Waals surface area contributed by atoms with Crippen LogP contribution in [0.2, 0.25) is 0 Å². The Morgan fingerprint density at radius 2 is 1.64 bits per heavy atom. The summed E-state index contributed by atoms with van der Waals surface area (Å²) in [5, 5.41) is 3.48. The summed E-state index contributed by atoms with van der Waals surface area (Å²) in [6, 6.07) is 0.433. The summed E-state index contributed by atoms with van der Waals surface area (Å²) < 4.78 is 5.52. The number of amides is 1. The maximum Gasteiger partial charge on any atom is 0.410 e. The summed E-state index contributed by atoms with van der Waals surface area (Å²) in [5.74, 6) is 0. The first-order chi connectivity index (χ1) is 9.83. The van der Waals surface area contributed by atoms with E-state index < -0.39 is 5.60 Å². The molecule has 5 nitrogen and oxygen atoms in total. The molecule has 0 aliphatic heterocycles. The van der Waals surface area contributed by atoms with Crippen molar-refractivity contribution in [3.63, 3.8) is 0 Å². The molecule has 1 N–H and O–H groups in total. The Bertz CT molecular complexity index is 330. The number of hydrogen-bond acceptors (Lipinski definition) is 4. The van der Waals surface area contributed by atoms with Crippen molar-refractivity contribution in [2.75, 3.05) is 33.7 Å². The predicted octanol–water partition coefficient (Wildman–Crippen LogP) is 2.95. The van der Waals surface area contributed by atoms with Crippen molar-refractivity contribution in [1.82, 2.24) is 15.1 Å². The van der Waals surface area contributed by atoms with Crippen LogP contribution in [0, 0.1) is 0 Å². The van der Waals surface area contributed by atoms with Crippen molar-refractivity contribution in [3.05, 3.63) is 0 Å². The third kappa shape index (κ3) is 10.0. The summed E-state index contributed by atoms with van der Waals surface area (Å²) >= 11 is 0. The Kier molecular flexibility index (Phi) is 8.40. The Balaban J connectivity index is 4.42. The van der Waals surface area contributed by atoms with Crippen molar-refractivity contribution >= 4 is 6.09 Å². The van der Waals surface area contributed by atoms with Gasteiger partial charge < -0.3 is 19.9 Å². The molecule has 0 rings (SSSR count). The van der Waals surface area contributed by atoms with E-state index in [1.807, 2.05) is 41.5 Å². The minimum absolute atomic E-state index is 0.247. The van der Waals surface area contributed by atoms with Crippen LogP contribution < -0.4 is 5.32 Å². The number of hydrogen-bond donors (Lipinski definition) is 1. The van der Waals surface area contributed by atoms with E-state index in [-0.39, 0.29) is 11.6 Å². The maximum atomic E-state index is 12.4. The van der Waals surface area contributed by atoms with Gasteiger partial charge in [0.15, 0.2) is 0 Å². The van der Waals surface area contributed by atoms with Crippen LogP contribution in [-0.2, 0) is 4.74 Å². The van der Waals surface area contributed by atoms with Gasteiger partial charge in [-0.05, 0) is 75.5 Å². The first kappa shape index (κ1) is 21.2. The lowest BCUT2D eigenvalue weighted by Gasteiger charge is -2.37. The molecule has 0 saturated heterocycles. The third-order valence-electron chi connectivity index (χ3n) is 3.26. The lowest BCUT2D eigenvalue weighted by atomic mass is 10.1. The molecule has 0 fully saturated rings. The van der Waals surface area contributed by atoms with E-state index in [2.05, 4.69) is 31.2 Å². The summed E-state index contributed by atoms with van der Waals surface area (Å²) in [4.78, 5) is 16.3. The van der Waals surface area contributed by atoms with Gasteiger partial charge in [-0.1, -0.05) is 0 Å². The van der Waals surface area contributed by atoms with Gasteiger partial charge in [0.1, 0.15) is 5.60 Å². The maximum absolute atomic E-state index is 12.4. The van der Waals surface area contributed by atoms with Gasteiger partial charge in [-0.2, -0.15) is 0 Å². The molecule has 0 spiro atoms. The van der Waals surface area contributed by atoms with Crippen molar-refractivity contribution in [3.8, 4) is 0 Å². The molecule has 0 aliphatic carbocycles. The molecule has 132 valence electrons. The van der Waals surface area contributed by atoms with Gasteiger partial charge in [-0.25, -0.2) is 4.79 Å². The summed E-state index contributed by atoms with van der Waals surface area (Å²) in [6.45, 7) is 16.4. The Morgan fingerprint density at radius 1 is 1.09 bits per heavy atom. The van der Waals surface area contributed by atoms with Gasteiger partial charge in [-0.15, -0.1) is 0 Å². The van der Waals surface area contributed by atoms with Gasteiger partial charge in [0.05, 0.1) is 0 Å². The summed E-state index contributed by atoms with van der Waals surface area (Å²) in [5.41, 5.74) is -0.718. The third-order valence-corrected chi connectivity index (χ3v) is 3.26. The summed E-state index contributed by atoms with van der Waals surface area (Å²) in [6.07, 6.45) is 0.845. The van der Waals surface area contributed by atoms with Crippen molar-refractivity contribution in [1.29, 1.82) is 0 Å². The Morgan fingerprint density at radius 3 is 2.05 bits per heavy atom. The smallest absolute Gasteiger partial charge is 0.410 e. The van der Waals surface area contributed by atoms with E-state index >= 15 is 0 Å². The molecular formula is C17H37N3O2. The Hall–Kier alpha value is -0.810. The highest BCUT2D eigenvalue weighted by Gasteiger charge is 2.30. The quantitative estimate of drug-likeness (QED) is 0.784. The fraction of sp³-hybridized carbons (Fsp3) is 0.941. The SMILES string of the molecule is CC(CCN(C)C)NCCN(C(=O)OC(C)(C)C)C(C)(C)C. The van der Waals surface area contributed by atoms with Crippen LogP contribution >= 0.6 is 0 Å². The second kappa shape index (κ2) is 8.73. The number of ether oxygens (including phenoxy) is 1. The van der Waals surface area contributed by atoms with Crippen molar-refractivity contribution in [2.24, 2.45) is 0 Å². The van der Waals surface area contributed by atoms with E-state index in [0.29, 0.717) is 12.6 Å². The number of rotatable bonds is 7. The van der Waals surface area contributed by atoms with Crippen LogP contribution in [0.5, 0.6) is 0 Å². The first-order valence-electron chi connectivity index (χ1n) is 8.21. The molecule has 0 radical (unpaired) electrons. The molecule has 0 bridgehead atoms. The molecule has 0 heterocycles. The van der Waals surface area contributed by atoms with Crippen LogP contribution in [0.3, 0.4) is 0 Å². The molecule has 0 saturated carbocycles. The molecular weight excluding hydrogens is 278 g/mol. The van der Waals surface area contributed by atoms with Crippen LogP contribution in [0.15, 0.2) is 0 Å². The van der Waals surface area contributed by atoms with Gasteiger partial charge in [-0.3, -0.25) is 0 Å². The van der Waals surface area contributed by atoms with E-state index in [1.54, 1.807) is 4.90 Å². The molecule has 5 heteroatoms. The van der Waals surface area contributed by atoms with Crippen LogP contribution in [0.25, 0.3) is 0 Å². The van der Waals surface area contributed by atoms with Gasteiger partial charge in [0, 0.05) is 24.7 Å². The molecule has 1 atom stereocenters. The second-order valence-corrected chi connectivity index (χ2v) is 8.25. The lowest BCUT2D eigenvalue weighted by Crippen LogP contribution is -2.50. The average Bonchev–Trinajstić information content (AvgIpc) is 2.27. The standard InChI is InChI=1S/C17H37N3O2/c1-14(10-12-19(8)9)18-11-13-20(16(2,3)4)15(21)22-17(5,6)7/h14,18H,10-13H2,1-9H3. The number of carbonyl (C=O) groups excluding carboxylic acids is 1. The van der Waals surface area contributed by atoms with Crippen LogP contribution in [0.4, 0.5) is 4.79 Å². The normalized spacial score (nSPS) is 14.1. The molecule has 0 aromatic heterocycles. The zero-order chi connectivity index (χ0) is 17.6. The Labute approximate surface area is 137 Å². The molecule has 0 aromatic rings. The number of nitrogens with zero attached hydrogens (tertiary/aromatic N) is 2. The fourth-order valence-corrected chi connectivity index (χ4v) is 1.99. The topological polar surface area (TPSA) is 44.8 Å². The molecule has 0 aliphatic rings. The van der Waals surface area contributed by atoms with Crippen molar-refractivity contribution < 1.29 is 9.53 Å². The monoisotopic (exact) mass is 315 g/mol. The van der Waals surface area contributed by atoms with E-state index in [0.717, 1.165) is 19.5 Å². The van der Waals surface area contributed by atoms with Crippen molar-refractivity contribution in [2.45, 2.75) is 72.1 Å². The highest BCUT2D eigenvalue weighted by molar-refractivity contribution is 5.69. The van der Waals surface area contributed by atoms with E-state index in [1.165, 1.54) is 0 Å². The predicted molar refractivity (Wildman–Crippen MR) is 93.3 cm³/mol. The number of carbonyl (C=O) groups is 1. The van der Waals surface area contributed by atoms with E-state index in [4.69, 9.17) is 4.74 Å². The van der Waals surface area contributed by atoms with Gasteiger partial charge in [0.2, 0.25) is 0 Å². The average molecular weight is 316 g/mol. The molecule has 22 heavy (non-hydrogen) atoms. The minimum atomic E-state index is -0.465. The van der Waals surface area contributed by atoms with Crippen LogP contribution in [-0.4, -0.2) is 66.8 Å². The zero-order valence-corrected chi connectivity index (χ0v) is 16.1. The number of nitrogens with one attached hydrogen (secondary N) is 1. The largest absolute Gasteiger partial charge is 0.444 e. The fourth-order valence-electron chi connectivity index (χ4n) is 1.99. The minimum Gasteiger partial charge on any atom is -0.444 e.